The molecule has 29 heavy (non-hydrogen) atoms. The normalized spacial score (nSPS) is 25.7. The Labute approximate surface area is 177 Å². The van der Waals surface area contributed by atoms with Crippen LogP contribution in [-0.2, 0) is 0 Å². The van der Waals surface area contributed by atoms with Crippen LogP contribution in [0.25, 0.3) is 4.85 Å². The molecule has 0 spiro atoms. The van der Waals surface area contributed by atoms with Crippen molar-refractivity contribution < 1.29 is 0 Å². The number of nitrogens with zero attached hydrogens (tertiary/aromatic N) is 6. The van der Waals surface area contributed by atoms with Gasteiger partial charge in [-0.25, -0.2) is 10.1 Å². The molecule has 6 heteroatoms. The van der Waals surface area contributed by atoms with Crippen LogP contribution in [0.2, 0.25) is 0 Å². The molecular weight excluding hydrogens is 360 g/mol. The minimum atomic E-state index is 0.270. The molecular formula is C23H38N6. The molecule has 3 rings (SSSR count). The van der Waals surface area contributed by atoms with Crippen molar-refractivity contribution in [2.45, 2.75) is 64.3 Å². The molecule has 0 aromatic heterocycles. The molecule has 3 aliphatic rings. The third-order valence-electron chi connectivity index (χ3n) is 6.83. The first-order valence-corrected chi connectivity index (χ1v) is 11.7. The van der Waals surface area contributed by atoms with Gasteiger partial charge in [-0.05, 0) is 71.6 Å². The molecule has 1 unspecified atom stereocenters. The fourth-order valence-corrected chi connectivity index (χ4v) is 5.14. The van der Waals surface area contributed by atoms with Gasteiger partial charge < -0.3 is 19.6 Å². The van der Waals surface area contributed by atoms with Crippen molar-refractivity contribution in [3.05, 3.63) is 22.9 Å². The number of piperidine rings is 2. The second-order valence-corrected chi connectivity index (χ2v) is 8.86. The smallest absolute Gasteiger partial charge is 0.300 e. The topological polar surface area (TPSA) is 41.1 Å². The molecule has 6 nitrogen and oxygen atoms in total. The van der Waals surface area contributed by atoms with Gasteiger partial charge >= 0.3 is 5.70 Å². The van der Waals surface area contributed by atoms with Crippen LogP contribution in [-0.4, -0.2) is 84.5 Å². The summed E-state index contributed by atoms with van der Waals surface area (Å²) in [6.07, 6.45) is 10.2. The Kier molecular flexibility index (Phi) is 8.65. The lowest BCUT2D eigenvalue weighted by Crippen LogP contribution is -2.39. The summed E-state index contributed by atoms with van der Waals surface area (Å²) in [6.45, 7) is 19.5. The Hall–Kier alpha value is -1.76. The van der Waals surface area contributed by atoms with Crippen molar-refractivity contribution in [3.63, 3.8) is 0 Å². The molecule has 0 aromatic carbocycles. The summed E-state index contributed by atoms with van der Waals surface area (Å²) in [5, 5.41) is 9.52. The van der Waals surface area contributed by atoms with Gasteiger partial charge in [-0.2, -0.15) is 0 Å². The van der Waals surface area contributed by atoms with Crippen LogP contribution >= 0.6 is 0 Å². The fraction of sp³-hybridized carbons (Fsp3) is 0.826. The van der Waals surface area contributed by atoms with Gasteiger partial charge in [-0.3, -0.25) is 0 Å². The van der Waals surface area contributed by atoms with Crippen LogP contribution < -0.4 is 0 Å². The molecule has 0 saturated carbocycles. The van der Waals surface area contributed by atoms with E-state index in [2.05, 4.69) is 37.4 Å². The fourth-order valence-electron chi connectivity index (χ4n) is 5.14. The highest BCUT2D eigenvalue weighted by Gasteiger charge is 2.28. The predicted molar refractivity (Wildman–Crippen MR) is 117 cm³/mol. The average molecular weight is 399 g/mol. The molecule has 3 saturated heterocycles. The first kappa shape index (κ1) is 21.9. The van der Waals surface area contributed by atoms with E-state index in [1.54, 1.807) is 0 Å². The monoisotopic (exact) mass is 398 g/mol. The van der Waals surface area contributed by atoms with Crippen molar-refractivity contribution in [1.29, 1.82) is 5.26 Å². The Bertz CT molecular complexity index is 608. The van der Waals surface area contributed by atoms with Crippen LogP contribution in [0.5, 0.6) is 0 Å². The van der Waals surface area contributed by atoms with Crippen LogP contribution in [0, 0.1) is 17.9 Å². The van der Waals surface area contributed by atoms with Crippen LogP contribution in [0.15, 0.2) is 11.5 Å². The Morgan fingerprint density at radius 1 is 0.931 bits per heavy atom. The van der Waals surface area contributed by atoms with E-state index in [-0.39, 0.29) is 5.70 Å². The molecule has 160 valence electrons. The van der Waals surface area contributed by atoms with Gasteiger partial charge in [0.05, 0.1) is 12.6 Å². The maximum absolute atomic E-state index is 9.52. The highest BCUT2D eigenvalue weighted by molar-refractivity contribution is 5.33. The van der Waals surface area contributed by atoms with Gasteiger partial charge in [0.25, 0.3) is 0 Å². The number of nitriles is 1. The van der Waals surface area contributed by atoms with Gasteiger partial charge in [-0.1, -0.05) is 12.8 Å². The minimum absolute atomic E-state index is 0.270. The summed E-state index contributed by atoms with van der Waals surface area (Å²) in [4.78, 5) is 13.3. The molecule has 0 amide bonds. The highest BCUT2D eigenvalue weighted by Crippen LogP contribution is 2.24. The third kappa shape index (κ3) is 6.11. The van der Waals surface area contributed by atoms with Crippen LogP contribution in [0.3, 0.4) is 0 Å². The second-order valence-electron chi connectivity index (χ2n) is 8.86. The summed E-state index contributed by atoms with van der Waals surface area (Å²) in [5.41, 5.74) is 0.270. The van der Waals surface area contributed by atoms with Crippen molar-refractivity contribution in [2.75, 3.05) is 58.9 Å². The first-order chi connectivity index (χ1) is 14.2. The van der Waals surface area contributed by atoms with Gasteiger partial charge in [0.2, 0.25) is 0 Å². The van der Waals surface area contributed by atoms with E-state index >= 15 is 0 Å². The van der Waals surface area contributed by atoms with Crippen LogP contribution in [0.4, 0.5) is 0 Å². The Morgan fingerprint density at radius 3 is 2.21 bits per heavy atom. The molecule has 0 bridgehead atoms. The zero-order valence-corrected chi connectivity index (χ0v) is 18.3. The Balaban J connectivity index is 1.51. The average Bonchev–Trinajstić information content (AvgIpc) is 3.14. The molecule has 1 atom stereocenters. The summed E-state index contributed by atoms with van der Waals surface area (Å²) in [5.74, 6) is 0.896. The van der Waals surface area contributed by atoms with Crippen molar-refractivity contribution in [3.8, 4) is 6.07 Å². The molecule has 0 radical (unpaired) electrons. The van der Waals surface area contributed by atoms with Gasteiger partial charge in [-0.15, -0.1) is 0 Å². The minimum Gasteiger partial charge on any atom is -0.365 e. The zero-order valence-electron chi connectivity index (χ0n) is 18.3. The number of rotatable bonds is 8. The number of likely N-dealkylation sites (tertiary alicyclic amines) is 2. The largest absolute Gasteiger partial charge is 0.365 e. The van der Waals surface area contributed by atoms with E-state index in [0.29, 0.717) is 6.04 Å². The molecule has 3 heterocycles. The molecule has 3 fully saturated rings. The van der Waals surface area contributed by atoms with Gasteiger partial charge in [0.1, 0.15) is 5.82 Å². The number of hydrogen-bond donors (Lipinski definition) is 0. The molecule has 3 aliphatic heterocycles. The summed E-state index contributed by atoms with van der Waals surface area (Å²) >= 11 is 0. The predicted octanol–water partition coefficient (Wildman–Crippen LogP) is 3.36. The summed E-state index contributed by atoms with van der Waals surface area (Å²) in [6, 6.07) is 2.86. The first-order valence-electron chi connectivity index (χ1n) is 11.7. The van der Waals surface area contributed by atoms with Gasteiger partial charge in [0, 0.05) is 38.8 Å². The lowest BCUT2D eigenvalue weighted by atomic mass is 10.0. The number of hydrogen-bond acceptors (Lipinski definition) is 5. The molecule has 0 aliphatic carbocycles. The van der Waals surface area contributed by atoms with E-state index in [1.165, 1.54) is 58.2 Å². The highest BCUT2D eigenvalue weighted by atomic mass is 15.4. The summed E-state index contributed by atoms with van der Waals surface area (Å²) < 4.78 is 0. The van der Waals surface area contributed by atoms with E-state index in [4.69, 9.17) is 6.57 Å². The maximum Gasteiger partial charge on any atom is 0.300 e. The number of allylic oxidation sites excluding steroid dienone is 1. The third-order valence-corrected chi connectivity index (χ3v) is 6.83. The Morgan fingerprint density at radius 2 is 1.59 bits per heavy atom. The quantitative estimate of drug-likeness (QED) is 0.463. The summed E-state index contributed by atoms with van der Waals surface area (Å²) in [7, 11) is 0. The molecule has 0 aromatic rings. The second kappa shape index (κ2) is 11.4. The molecule has 0 N–H and O–H groups in total. The van der Waals surface area contributed by atoms with Gasteiger partial charge in [0.15, 0.2) is 0 Å². The maximum atomic E-state index is 9.52. The van der Waals surface area contributed by atoms with E-state index < -0.39 is 0 Å². The zero-order chi connectivity index (χ0) is 20.5. The van der Waals surface area contributed by atoms with Crippen molar-refractivity contribution in [1.82, 2.24) is 19.6 Å². The van der Waals surface area contributed by atoms with E-state index in [1.807, 2.05) is 0 Å². The SMILES string of the molecule is [C-]#[N+]/C(C#N)=C1\N(CCCN2CCCCC2)CCN1CCCN1CCCCC1C. The van der Waals surface area contributed by atoms with E-state index in [9.17, 15) is 5.26 Å². The lowest BCUT2D eigenvalue weighted by Gasteiger charge is -2.34. The van der Waals surface area contributed by atoms with E-state index in [0.717, 1.165) is 57.9 Å². The van der Waals surface area contributed by atoms with Crippen molar-refractivity contribution in [2.24, 2.45) is 0 Å². The van der Waals surface area contributed by atoms with Crippen molar-refractivity contribution >= 4 is 0 Å². The standard InChI is InChI=1S/C23H38N6/c1-21-10-4-7-14-27(21)15-9-17-29-19-18-28(23(29)22(20-24)25-2)16-8-13-26-11-5-3-6-12-26/h21H,3-19H2,1H3/b23-22+. The van der Waals surface area contributed by atoms with Crippen LogP contribution in [0.1, 0.15) is 58.3 Å². The lowest BCUT2D eigenvalue weighted by molar-refractivity contribution is 0.153.